The van der Waals surface area contributed by atoms with Gasteiger partial charge in [-0.05, 0) is 38.3 Å². The predicted molar refractivity (Wildman–Crippen MR) is 75.7 cm³/mol. The number of hydrogen-bond acceptors (Lipinski definition) is 3. The fourth-order valence-electron chi connectivity index (χ4n) is 1.97. The maximum Gasteiger partial charge on any atom is 0.316 e. The van der Waals surface area contributed by atoms with Crippen LogP contribution < -0.4 is 0 Å². The van der Waals surface area contributed by atoms with Gasteiger partial charge in [-0.3, -0.25) is 9.59 Å². The molecule has 0 heterocycles. The highest BCUT2D eigenvalue weighted by atomic mass is 16.5. The first kappa shape index (κ1) is 15.2. The van der Waals surface area contributed by atoms with E-state index in [1.807, 2.05) is 31.2 Å². The highest BCUT2D eigenvalue weighted by Gasteiger charge is 2.25. The molecule has 1 unspecified atom stereocenters. The van der Waals surface area contributed by atoms with E-state index in [9.17, 15) is 9.59 Å². The number of Topliss-reactive ketones (excluding diaryl/α,β-unsaturated/α-hetero) is 1. The largest absolute Gasteiger partial charge is 0.465 e. The smallest absolute Gasteiger partial charge is 0.316 e. The number of benzene rings is 1. The molecule has 0 aliphatic rings. The van der Waals surface area contributed by atoms with Gasteiger partial charge >= 0.3 is 5.97 Å². The lowest BCUT2D eigenvalue weighted by Crippen LogP contribution is -2.26. The first-order valence-corrected chi connectivity index (χ1v) is 6.38. The molecule has 0 saturated carbocycles. The molecule has 0 fully saturated rings. The molecule has 0 radical (unpaired) electrons. The molecule has 0 aliphatic carbocycles. The average molecular weight is 260 g/mol. The van der Waals surface area contributed by atoms with E-state index in [1.54, 1.807) is 6.92 Å². The maximum absolute atomic E-state index is 11.8. The van der Waals surface area contributed by atoms with E-state index in [4.69, 9.17) is 4.74 Å². The van der Waals surface area contributed by atoms with E-state index in [2.05, 4.69) is 6.58 Å². The van der Waals surface area contributed by atoms with Crippen LogP contribution in [0.3, 0.4) is 0 Å². The van der Waals surface area contributed by atoms with Crippen LogP contribution in [0.25, 0.3) is 5.57 Å². The number of carbonyl (C=O) groups is 2. The Hall–Kier alpha value is -1.90. The zero-order valence-corrected chi connectivity index (χ0v) is 11.7. The SMILES string of the molecule is C=C(C)c1ccccc1CC(C(C)=O)C(=O)OCC. The molecule has 0 aromatic heterocycles. The van der Waals surface area contributed by atoms with Crippen molar-refractivity contribution < 1.29 is 14.3 Å². The zero-order valence-electron chi connectivity index (χ0n) is 11.7. The Labute approximate surface area is 114 Å². The lowest BCUT2D eigenvalue weighted by atomic mass is 9.91. The molecule has 0 saturated heterocycles. The minimum atomic E-state index is -0.736. The third kappa shape index (κ3) is 4.05. The summed E-state index contributed by atoms with van der Waals surface area (Å²) in [5.74, 6) is -1.36. The Morgan fingerprint density at radius 3 is 2.42 bits per heavy atom. The second-order valence-electron chi connectivity index (χ2n) is 4.56. The molecule has 0 bridgehead atoms. The van der Waals surface area contributed by atoms with Crippen LogP contribution in [0.2, 0.25) is 0 Å². The third-order valence-electron chi connectivity index (χ3n) is 2.96. The molecular formula is C16H20O3. The quantitative estimate of drug-likeness (QED) is 0.583. The van der Waals surface area contributed by atoms with Gasteiger partial charge < -0.3 is 4.74 Å². The summed E-state index contributed by atoms with van der Waals surface area (Å²) in [6, 6.07) is 7.67. The third-order valence-corrected chi connectivity index (χ3v) is 2.96. The van der Waals surface area contributed by atoms with E-state index >= 15 is 0 Å². The number of rotatable bonds is 6. The second-order valence-corrected chi connectivity index (χ2v) is 4.56. The molecule has 19 heavy (non-hydrogen) atoms. The van der Waals surface area contributed by atoms with Crippen molar-refractivity contribution >= 4 is 17.3 Å². The van der Waals surface area contributed by atoms with Crippen LogP contribution >= 0.6 is 0 Å². The van der Waals surface area contributed by atoms with Gasteiger partial charge in [-0.15, -0.1) is 0 Å². The molecule has 1 atom stereocenters. The summed E-state index contributed by atoms with van der Waals surface area (Å²) in [6.45, 7) is 9.26. The van der Waals surface area contributed by atoms with Gasteiger partial charge in [0.15, 0.2) is 0 Å². The highest BCUT2D eigenvalue weighted by Crippen LogP contribution is 2.21. The first-order chi connectivity index (χ1) is 8.97. The summed E-state index contributed by atoms with van der Waals surface area (Å²) in [4.78, 5) is 23.4. The van der Waals surface area contributed by atoms with E-state index < -0.39 is 11.9 Å². The van der Waals surface area contributed by atoms with Gasteiger partial charge in [0.1, 0.15) is 11.7 Å². The van der Waals surface area contributed by atoms with E-state index in [-0.39, 0.29) is 12.4 Å². The number of ketones is 1. The van der Waals surface area contributed by atoms with Crippen molar-refractivity contribution in [3.63, 3.8) is 0 Å². The second kappa shape index (κ2) is 6.88. The van der Waals surface area contributed by atoms with Crippen molar-refractivity contribution in [3.8, 4) is 0 Å². The van der Waals surface area contributed by atoms with Gasteiger partial charge in [0, 0.05) is 0 Å². The van der Waals surface area contributed by atoms with Gasteiger partial charge in [0.2, 0.25) is 0 Å². The van der Waals surface area contributed by atoms with Gasteiger partial charge in [-0.25, -0.2) is 0 Å². The molecule has 0 spiro atoms. The predicted octanol–water partition coefficient (Wildman–Crippen LogP) is 3.03. The summed E-state index contributed by atoms with van der Waals surface area (Å²) < 4.78 is 4.96. The molecule has 0 aliphatic heterocycles. The topological polar surface area (TPSA) is 43.4 Å². The molecular weight excluding hydrogens is 240 g/mol. The molecule has 102 valence electrons. The maximum atomic E-state index is 11.8. The number of hydrogen-bond donors (Lipinski definition) is 0. The van der Waals surface area contributed by atoms with Crippen LogP contribution in [-0.2, 0) is 20.7 Å². The van der Waals surface area contributed by atoms with Crippen molar-refractivity contribution in [2.45, 2.75) is 27.2 Å². The van der Waals surface area contributed by atoms with Crippen molar-refractivity contribution in [2.24, 2.45) is 5.92 Å². The van der Waals surface area contributed by atoms with Crippen LogP contribution in [0.5, 0.6) is 0 Å². The Bertz CT molecular complexity index is 489. The fourth-order valence-corrected chi connectivity index (χ4v) is 1.97. The highest BCUT2D eigenvalue weighted by molar-refractivity contribution is 5.98. The molecule has 0 amide bonds. The van der Waals surface area contributed by atoms with E-state index in [0.29, 0.717) is 6.42 Å². The Morgan fingerprint density at radius 2 is 1.89 bits per heavy atom. The van der Waals surface area contributed by atoms with Gasteiger partial charge in [-0.2, -0.15) is 0 Å². The Kier molecular flexibility index (Phi) is 5.49. The lowest BCUT2D eigenvalue weighted by Gasteiger charge is -2.15. The summed E-state index contributed by atoms with van der Waals surface area (Å²) >= 11 is 0. The number of carbonyl (C=O) groups excluding carboxylic acids is 2. The van der Waals surface area contributed by atoms with Crippen LogP contribution in [0, 0.1) is 5.92 Å². The molecule has 0 N–H and O–H groups in total. The first-order valence-electron chi connectivity index (χ1n) is 6.38. The number of esters is 1. The molecule has 3 nitrogen and oxygen atoms in total. The van der Waals surface area contributed by atoms with Crippen LogP contribution in [0.4, 0.5) is 0 Å². The van der Waals surface area contributed by atoms with Crippen LogP contribution in [0.1, 0.15) is 31.9 Å². The minimum Gasteiger partial charge on any atom is -0.465 e. The molecule has 1 rings (SSSR count). The normalized spacial score (nSPS) is 11.7. The molecule has 1 aromatic rings. The van der Waals surface area contributed by atoms with E-state index in [0.717, 1.165) is 16.7 Å². The summed E-state index contributed by atoms with van der Waals surface area (Å²) in [7, 11) is 0. The van der Waals surface area contributed by atoms with Crippen molar-refractivity contribution in [2.75, 3.05) is 6.61 Å². The van der Waals surface area contributed by atoms with Crippen molar-refractivity contribution in [3.05, 3.63) is 42.0 Å². The fraction of sp³-hybridized carbons (Fsp3) is 0.375. The van der Waals surface area contributed by atoms with Gasteiger partial charge in [0.05, 0.1) is 6.61 Å². The molecule has 1 aromatic carbocycles. The standard InChI is InChI=1S/C16H20O3/c1-5-19-16(18)15(12(4)17)10-13-8-6-7-9-14(13)11(2)3/h6-9,15H,2,5,10H2,1,3-4H3. The zero-order chi connectivity index (χ0) is 14.4. The summed E-state index contributed by atoms with van der Waals surface area (Å²) in [5.41, 5.74) is 2.85. The van der Waals surface area contributed by atoms with Crippen molar-refractivity contribution in [1.29, 1.82) is 0 Å². The average Bonchev–Trinajstić information content (AvgIpc) is 2.36. The Balaban J connectivity index is 3.00. The monoisotopic (exact) mass is 260 g/mol. The molecule has 3 heteroatoms. The van der Waals surface area contributed by atoms with Crippen molar-refractivity contribution in [1.82, 2.24) is 0 Å². The number of allylic oxidation sites excluding steroid dienone is 1. The number of ether oxygens (including phenoxy) is 1. The summed E-state index contributed by atoms with van der Waals surface area (Å²) in [6.07, 6.45) is 0.358. The van der Waals surface area contributed by atoms with Crippen LogP contribution in [-0.4, -0.2) is 18.4 Å². The lowest BCUT2D eigenvalue weighted by molar-refractivity contribution is -0.151. The Morgan fingerprint density at radius 1 is 1.26 bits per heavy atom. The minimum absolute atomic E-state index is 0.171. The van der Waals surface area contributed by atoms with Crippen LogP contribution in [0.15, 0.2) is 30.8 Å². The summed E-state index contributed by atoms with van der Waals surface area (Å²) in [5, 5.41) is 0. The van der Waals surface area contributed by atoms with Gasteiger partial charge in [0.25, 0.3) is 0 Å². The van der Waals surface area contributed by atoms with Gasteiger partial charge in [-0.1, -0.05) is 36.4 Å². The van der Waals surface area contributed by atoms with E-state index in [1.165, 1.54) is 6.92 Å².